The highest BCUT2D eigenvalue weighted by atomic mass is 16.4. The van der Waals surface area contributed by atoms with Gasteiger partial charge in [-0.25, -0.2) is 4.79 Å². The van der Waals surface area contributed by atoms with E-state index < -0.39 is 11.7 Å². The molecule has 0 bridgehead atoms. The molecule has 1 aromatic carbocycles. The molecular weight excluding hydrogens is 340 g/mol. The molecule has 0 fully saturated rings. The van der Waals surface area contributed by atoms with Crippen molar-refractivity contribution in [2.45, 2.75) is 96.8 Å². The number of carbonyl (C=O) groups excluding carboxylic acids is 1. The lowest BCUT2D eigenvalue weighted by Crippen LogP contribution is -2.04. The molecular formula is C23H36O4. The van der Waals surface area contributed by atoms with Crippen molar-refractivity contribution in [1.29, 1.82) is 0 Å². The average Bonchev–Trinajstić information content (AvgIpc) is 2.65. The van der Waals surface area contributed by atoms with Gasteiger partial charge in [-0.15, -0.1) is 0 Å². The zero-order valence-electron chi connectivity index (χ0n) is 16.8. The molecule has 0 aliphatic rings. The first kappa shape index (κ1) is 23.2. The van der Waals surface area contributed by atoms with Crippen LogP contribution in [0.5, 0.6) is 5.75 Å². The maximum absolute atomic E-state index is 12.2. The minimum atomic E-state index is -1.22. The van der Waals surface area contributed by atoms with Crippen LogP contribution in [0.3, 0.4) is 0 Å². The van der Waals surface area contributed by atoms with Crippen molar-refractivity contribution in [2.24, 2.45) is 0 Å². The van der Waals surface area contributed by atoms with Crippen molar-refractivity contribution in [2.75, 3.05) is 0 Å². The molecule has 0 unspecified atom stereocenters. The average molecular weight is 377 g/mol. The lowest BCUT2D eigenvalue weighted by molar-refractivity contribution is 0.0693. The highest BCUT2D eigenvalue weighted by Gasteiger charge is 2.17. The number of phenols is 1. The number of para-hydroxylation sites is 1. The quantitative estimate of drug-likeness (QED) is 0.247. The molecule has 1 aromatic rings. The second-order valence-electron chi connectivity index (χ2n) is 7.42. The molecule has 2 N–H and O–H groups in total. The van der Waals surface area contributed by atoms with Crippen molar-refractivity contribution < 1.29 is 19.8 Å². The topological polar surface area (TPSA) is 74.6 Å². The number of hydrogen-bond donors (Lipinski definition) is 2. The number of benzene rings is 1. The summed E-state index contributed by atoms with van der Waals surface area (Å²) in [4.78, 5) is 23.2. The van der Waals surface area contributed by atoms with Crippen LogP contribution in [0.1, 0.15) is 118 Å². The summed E-state index contributed by atoms with van der Waals surface area (Å²) in [6, 6.07) is 4.30. The third-order valence-electron chi connectivity index (χ3n) is 5.07. The summed E-state index contributed by atoms with van der Waals surface area (Å²) < 4.78 is 0. The van der Waals surface area contributed by atoms with Crippen molar-refractivity contribution in [3.8, 4) is 5.75 Å². The molecule has 0 spiro atoms. The molecule has 4 heteroatoms. The predicted octanol–water partition coefficient (Wildman–Crippen LogP) is 6.75. The Morgan fingerprint density at radius 1 is 0.741 bits per heavy atom. The number of aromatic hydroxyl groups is 1. The second kappa shape index (κ2) is 14.2. The largest absolute Gasteiger partial charge is 0.506 e. The van der Waals surface area contributed by atoms with Gasteiger partial charge in [0.25, 0.3) is 0 Å². The summed E-state index contributed by atoms with van der Waals surface area (Å²) in [6.07, 6.45) is 16.6. The van der Waals surface area contributed by atoms with Crippen LogP contribution < -0.4 is 0 Å². The third-order valence-corrected chi connectivity index (χ3v) is 5.07. The first-order chi connectivity index (χ1) is 13.1. The molecule has 0 atom stereocenters. The van der Waals surface area contributed by atoms with Crippen molar-refractivity contribution in [3.05, 3.63) is 29.3 Å². The lowest BCUT2D eigenvalue weighted by atomic mass is 10.00. The summed E-state index contributed by atoms with van der Waals surface area (Å²) in [5, 5.41) is 18.9. The van der Waals surface area contributed by atoms with Gasteiger partial charge in [-0.3, -0.25) is 4.79 Å². The molecule has 0 amide bonds. The fraction of sp³-hybridized carbons (Fsp3) is 0.652. The van der Waals surface area contributed by atoms with Gasteiger partial charge >= 0.3 is 5.97 Å². The summed E-state index contributed by atoms with van der Waals surface area (Å²) in [5.74, 6) is -1.81. The standard InChI is InChI=1S/C23H36O4/c1-2-3-4-5-6-7-8-9-10-11-12-13-14-18-21(24)19-16-15-17-20(22(19)25)23(26)27/h15-17,25H,2-14,18H2,1H3,(H,26,27). The van der Waals surface area contributed by atoms with Crippen LogP contribution in [0, 0.1) is 0 Å². The first-order valence-electron chi connectivity index (χ1n) is 10.7. The van der Waals surface area contributed by atoms with Gasteiger partial charge in [0.2, 0.25) is 0 Å². The third kappa shape index (κ3) is 9.60. The number of unbranched alkanes of at least 4 members (excludes halogenated alkanes) is 12. The van der Waals surface area contributed by atoms with E-state index in [-0.39, 0.29) is 16.9 Å². The molecule has 0 aromatic heterocycles. The molecule has 0 heterocycles. The number of carboxylic acids is 1. The van der Waals surface area contributed by atoms with Crippen molar-refractivity contribution in [3.63, 3.8) is 0 Å². The number of Topliss-reactive ketones (excluding diaryl/α,β-unsaturated/α-hetero) is 1. The zero-order chi connectivity index (χ0) is 19.9. The molecule has 4 nitrogen and oxygen atoms in total. The minimum Gasteiger partial charge on any atom is -0.506 e. The van der Waals surface area contributed by atoms with Gasteiger partial charge in [-0.05, 0) is 18.6 Å². The number of carboxylic acid groups (broad SMARTS) is 1. The monoisotopic (exact) mass is 376 g/mol. The Balaban J connectivity index is 2.06. The summed E-state index contributed by atoms with van der Waals surface area (Å²) >= 11 is 0. The molecule has 0 saturated heterocycles. The van der Waals surface area contributed by atoms with Gasteiger partial charge in [0, 0.05) is 6.42 Å². The number of carbonyl (C=O) groups is 2. The van der Waals surface area contributed by atoms with E-state index in [9.17, 15) is 14.7 Å². The first-order valence-corrected chi connectivity index (χ1v) is 10.7. The molecule has 152 valence electrons. The summed E-state index contributed by atoms with van der Waals surface area (Å²) in [5.41, 5.74) is -0.0972. The van der Waals surface area contributed by atoms with Gasteiger partial charge in [-0.1, -0.05) is 90.0 Å². The maximum Gasteiger partial charge on any atom is 0.339 e. The van der Waals surface area contributed by atoms with Crippen LogP contribution in [0.25, 0.3) is 0 Å². The van der Waals surface area contributed by atoms with Crippen LogP contribution in [-0.2, 0) is 0 Å². The normalized spacial score (nSPS) is 10.9. The Morgan fingerprint density at radius 3 is 1.67 bits per heavy atom. The molecule has 0 saturated carbocycles. The van der Waals surface area contributed by atoms with Crippen LogP contribution in [-0.4, -0.2) is 22.0 Å². The van der Waals surface area contributed by atoms with Crippen LogP contribution in [0.4, 0.5) is 0 Å². The molecule has 0 aliphatic heterocycles. The van der Waals surface area contributed by atoms with E-state index in [1.165, 1.54) is 82.4 Å². The Hall–Kier alpha value is -1.84. The summed E-state index contributed by atoms with van der Waals surface area (Å²) in [7, 11) is 0. The van der Waals surface area contributed by atoms with Crippen LogP contribution >= 0.6 is 0 Å². The van der Waals surface area contributed by atoms with E-state index in [2.05, 4.69) is 6.92 Å². The Kier molecular flexibility index (Phi) is 12.2. The van der Waals surface area contributed by atoms with E-state index in [0.29, 0.717) is 6.42 Å². The number of ketones is 1. The fourth-order valence-corrected chi connectivity index (χ4v) is 3.38. The Labute approximate surface area is 164 Å². The summed E-state index contributed by atoms with van der Waals surface area (Å²) in [6.45, 7) is 2.25. The predicted molar refractivity (Wildman–Crippen MR) is 110 cm³/mol. The maximum atomic E-state index is 12.2. The molecule has 0 aliphatic carbocycles. The highest BCUT2D eigenvalue weighted by molar-refractivity contribution is 6.02. The van der Waals surface area contributed by atoms with Gasteiger partial charge in [0.05, 0.1) is 5.56 Å². The Morgan fingerprint density at radius 2 is 1.19 bits per heavy atom. The van der Waals surface area contributed by atoms with Crippen LogP contribution in [0.15, 0.2) is 18.2 Å². The van der Waals surface area contributed by atoms with E-state index in [1.807, 2.05) is 0 Å². The van der Waals surface area contributed by atoms with E-state index >= 15 is 0 Å². The number of aromatic carboxylic acids is 1. The molecule has 0 radical (unpaired) electrons. The SMILES string of the molecule is CCCCCCCCCCCCCCCC(=O)c1cccc(C(=O)O)c1O. The minimum absolute atomic E-state index is 0.119. The smallest absolute Gasteiger partial charge is 0.339 e. The second-order valence-corrected chi connectivity index (χ2v) is 7.42. The van der Waals surface area contributed by atoms with Gasteiger partial charge < -0.3 is 10.2 Å². The van der Waals surface area contributed by atoms with Gasteiger partial charge in [0.1, 0.15) is 11.3 Å². The van der Waals surface area contributed by atoms with Crippen LogP contribution in [0.2, 0.25) is 0 Å². The number of rotatable bonds is 16. The zero-order valence-corrected chi connectivity index (χ0v) is 16.8. The molecule has 1 rings (SSSR count). The lowest BCUT2D eigenvalue weighted by Gasteiger charge is -2.06. The van der Waals surface area contributed by atoms with E-state index in [4.69, 9.17) is 5.11 Å². The van der Waals surface area contributed by atoms with Gasteiger partial charge in [0.15, 0.2) is 5.78 Å². The number of hydrogen-bond acceptors (Lipinski definition) is 3. The van der Waals surface area contributed by atoms with Gasteiger partial charge in [-0.2, -0.15) is 0 Å². The van der Waals surface area contributed by atoms with Crippen molar-refractivity contribution >= 4 is 11.8 Å². The Bertz CT molecular complexity index is 565. The molecule has 27 heavy (non-hydrogen) atoms. The fourth-order valence-electron chi connectivity index (χ4n) is 3.38. The highest BCUT2D eigenvalue weighted by Crippen LogP contribution is 2.24. The van der Waals surface area contributed by atoms with E-state index in [1.54, 1.807) is 0 Å². The van der Waals surface area contributed by atoms with Crippen molar-refractivity contribution in [1.82, 2.24) is 0 Å². The van der Waals surface area contributed by atoms with E-state index in [0.717, 1.165) is 19.3 Å².